The molecule has 1 saturated heterocycles. The fourth-order valence-corrected chi connectivity index (χ4v) is 4.38. The molecule has 1 aromatic heterocycles. The van der Waals surface area contributed by atoms with Crippen molar-refractivity contribution in [3.8, 4) is 0 Å². The maximum absolute atomic E-state index is 13.0. The van der Waals surface area contributed by atoms with Crippen molar-refractivity contribution in [2.45, 2.75) is 30.7 Å². The van der Waals surface area contributed by atoms with Crippen LogP contribution in [0.15, 0.2) is 70.3 Å². The summed E-state index contributed by atoms with van der Waals surface area (Å²) in [5.74, 6) is 0.635. The molecule has 0 aliphatic carbocycles. The largest absolute Gasteiger partial charge is 0.414 e. The molecule has 1 aliphatic heterocycles. The third-order valence-corrected chi connectivity index (χ3v) is 6.08. The molecule has 31 heavy (non-hydrogen) atoms. The minimum Gasteiger partial charge on any atom is -0.414 e. The van der Waals surface area contributed by atoms with Crippen molar-refractivity contribution in [2.24, 2.45) is 0 Å². The minimum atomic E-state index is -0.185. The van der Waals surface area contributed by atoms with Crippen molar-refractivity contribution in [1.29, 1.82) is 0 Å². The number of benzene rings is 2. The molecule has 2 aromatic carbocycles. The van der Waals surface area contributed by atoms with Crippen molar-refractivity contribution in [3.63, 3.8) is 0 Å². The van der Waals surface area contributed by atoms with Gasteiger partial charge in [-0.1, -0.05) is 72.4 Å². The van der Waals surface area contributed by atoms with Gasteiger partial charge in [0, 0.05) is 20.0 Å². The van der Waals surface area contributed by atoms with E-state index in [0.717, 1.165) is 17.5 Å². The molecule has 160 valence electrons. The number of rotatable bonds is 8. The van der Waals surface area contributed by atoms with E-state index < -0.39 is 0 Å². The second-order valence-electron chi connectivity index (χ2n) is 7.40. The van der Waals surface area contributed by atoms with Gasteiger partial charge in [0.25, 0.3) is 5.22 Å². The van der Waals surface area contributed by atoms with Gasteiger partial charge in [0.2, 0.25) is 17.7 Å². The minimum absolute atomic E-state index is 0.0443. The number of nitrogens with zero attached hydrogens (tertiary/aromatic N) is 4. The van der Waals surface area contributed by atoms with Crippen LogP contribution in [0.2, 0.25) is 0 Å². The van der Waals surface area contributed by atoms with E-state index in [9.17, 15) is 9.59 Å². The van der Waals surface area contributed by atoms with Crippen LogP contribution < -0.4 is 0 Å². The van der Waals surface area contributed by atoms with E-state index in [-0.39, 0.29) is 23.6 Å². The summed E-state index contributed by atoms with van der Waals surface area (Å²) in [6.45, 7) is 1.04. The number of carbonyl (C=O) groups is 2. The molecule has 2 heterocycles. The van der Waals surface area contributed by atoms with E-state index in [0.29, 0.717) is 30.6 Å². The standard InChI is InChI=1S/C23H24N4O3S/c1-26(22(17-9-4-2-5-10-17)18-11-6-3-7-12-18)21(29)16-31-23-25-24-19(30-23)15-27-14-8-13-20(27)28/h2-7,9-12,22H,8,13-16H2,1H3. The zero-order chi connectivity index (χ0) is 21.6. The number of aromatic nitrogens is 2. The van der Waals surface area contributed by atoms with Crippen LogP contribution in [0.3, 0.4) is 0 Å². The Bertz CT molecular complexity index is 986. The van der Waals surface area contributed by atoms with Gasteiger partial charge < -0.3 is 14.2 Å². The number of thioether (sulfide) groups is 1. The van der Waals surface area contributed by atoms with Gasteiger partial charge in [0.05, 0.1) is 18.3 Å². The quantitative estimate of drug-likeness (QED) is 0.503. The zero-order valence-electron chi connectivity index (χ0n) is 17.3. The first-order chi connectivity index (χ1) is 15.1. The molecule has 7 nitrogen and oxygen atoms in total. The van der Waals surface area contributed by atoms with Gasteiger partial charge in [-0.2, -0.15) is 0 Å². The van der Waals surface area contributed by atoms with E-state index in [1.165, 1.54) is 11.8 Å². The Morgan fingerprint density at radius 3 is 2.32 bits per heavy atom. The van der Waals surface area contributed by atoms with Gasteiger partial charge in [0.15, 0.2) is 0 Å². The third-order valence-electron chi connectivity index (χ3n) is 5.28. The summed E-state index contributed by atoms with van der Waals surface area (Å²) in [5, 5.41) is 8.36. The lowest BCUT2D eigenvalue weighted by molar-refractivity contribution is -0.129. The molecule has 0 atom stereocenters. The van der Waals surface area contributed by atoms with Gasteiger partial charge in [-0.05, 0) is 17.5 Å². The average Bonchev–Trinajstić information content (AvgIpc) is 3.42. The van der Waals surface area contributed by atoms with Crippen LogP contribution in [0.25, 0.3) is 0 Å². The van der Waals surface area contributed by atoms with Gasteiger partial charge in [0.1, 0.15) is 0 Å². The Kier molecular flexibility index (Phi) is 6.66. The van der Waals surface area contributed by atoms with Crippen molar-refractivity contribution in [3.05, 3.63) is 77.7 Å². The first kappa shape index (κ1) is 21.1. The zero-order valence-corrected chi connectivity index (χ0v) is 18.1. The lowest BCUT2D eigenvalue weighted by atomic mass is 9.97. The van der Waals surface area contributed by atoms with E-state index in [2.05, 4.69) is 10.2 Å². The molecule has 0 N–H and O–H groups in total. The van der Waals surface area contributed by atoms with Crippen LogP contribution in [0, 0.1) is 0 Å². The van der Waals surface area contributed by atoms with Crippen LogP contribution in [-0.4, -0.2) is 51.2 Å². The van der Waals surface area contributed by atoms with Crippen LogP contribution >= 0.6 is 11.8 Å². The average molecular weight is 437 g/mol. The summed E-state index contributed by atoms with van der Waals surface area (Å²) in [6, 6.07) is 19.8. The molecule has 4 rings (SSSR count). The molecule has 0 spiro atoms. The van der Waals surface area contributed by atoms with Gasteiger partial charge >= 0.3 is 0 Å². The molecule has 8 heteroatoms. The number of hydrogen-bond acceptors (Lipinski definition) is 6. The van der Waals surface area contributed by atoms with Gasteiger partial charge in [-0.3, -0.25) is 9.59 Å². The normalized spacial score (nSPS) is 13.7. The monoisotopic (exact) mass is 436 g/mol. The second-order valence-corrected chi connectivity index (χ2v) is 8.32. The first-order valence-electron chi connectivity index (χ1n) is 10.2. The molecule has 1 aliphatic rings. The molecular weight excluding hydrogens is 412 g/mol. The number of hydrogen-bond donors (Lipinski definition) is 0. The summed E-state index contributed by atoms with van der Waals surface area (Å²) < 4.78 is 5.63. The maximum atomic E-state index is 13.0. The number of carbonyl (C=O) groups excluding carboxylic acids is 2. The van der Waals surface area contributed by atoms with Crippen molar-refractivity contribution >= 4 is 23.6 Å². The Balaban J connectivity index is 1.41. The fraction of sp³-hybridized carbons (Fsp3) is 0.304. The SMILES string of the molecule is CN(C(=O)CSc1nnc(CN2CCCC2=O)o1)C(c1ccccc1)c1ccccc1. The predicted molar refractivity (Wildman–Crippen MR) is 117 cm³/mol. The Morgan fingerprint density at radius 2 is 1.74 bits per heavy atom. The fourth-order valence-electron chi connectivity index (χ4n) is 3.67. The van der Waals surface area contributed by atoms with Crippen molar-refractivity contribution in [1.82, 2.24) is 20.0 Å². The number of likely N-dealkylation sites (tertiary alicyclic amines) is 1. The highest BCUT2D eigenvalue weighted by molar-refractivity contribution is 7.99. The Hall–Kier alpha value is -3.13. The van der Waals surface area contributed by atoms with Crippen LogP contribution in [0.1, 0.15) is 35.9 Å². The summed E-state index contributed by atoms with van der Waals surface area (Å²) >= 11 is 1.21. The molecule has 0 saturated carbocycles. The Labute approximate surface area is 185 Å². The third kappa shape index (κ3) is 5.14. The van der Waals surface area contributed by atoms with E-state index in [1.807, 2.05) is 67.7 Å². The summed E-state index contributed by atoms with van der Waals surface area (Å²) in [4.78, 5) is 28.2. The lowest BCUT2D eigenvalue weighted by Gasteiger charge is -2.29. The molecule has 0 bridgehead atoms. The number of amides is 2. The molecule has 3 aromatic rings. The second kappa shape index (κ2) is 9.78. The highest BCUT2D eigenvalue weighted by Gasteiger charge is 2.25. The maximum Gasteiger partial charge on any atom is 0.277 e. The van der Waals surface area contributed by atoms with Gasteiger partial charge in [-0.25, -0.2) is 0 Å². The van der Waals surface area contributed by atoms with Crippen LogP contribution in [0.4, 0.5) is 0 Å². The molecule has 2 amide bonds. The lowest BCUT2D eigenvalue weighted by Crippen LogP contribution is -2.33. The highest BCUT2D eigenvalue weighted by Crippen LogP contribution is 2.28. The predicted octanol–water partition coefficient (Wildman–Crippen LogP) is 3.53. The van der Waals surface area contributed by atoms with Crippen LogP contribution in [-0.2, 0) is 16.1 Å². The van der Waals surface area contributed by atoms with E-state index in [1.54, 1.807) is 9.80 Å². The summed E-state index contributed by atoms with van der Waals surface area (Å²) in [6.07, 6.45) is 1.43. The van der Waals surface area contributed by atoms with Crippen LogP contribution in [0.5, 0.6) is 0 Å². The Morgan fingerprint density at radius 1 is 1.10 bits per heavy atom. The summed E-state index contributed by atoms with van der Waals surface area (Å²) in [7, 11) is 1.81. The van der Waals surface area contributed by atoms with Crippen molar-refractivity contribution in [2.75, 3.05) is 19.3 Å². The van der Waals surface area contributed by atoms with E-state index >= 15 is 0 Å². The highest BCUT2D eigenvalue weighted by atomic mass is 32.2. The smallest absolute Gasteiger partial charge is 0.277 e. The van der Waals surface area contributed by atoms with Gasteiger partial charge in [-0.15, -0.1) is 10.2 Å². The molecule has 0 radical (unpaired) electrons. The topological polar surface area (TPSA) is 79.5 Å². The molecular formula is C23H24N4O3S. The summed E-state index contributed by atoms with van der Waals surface area (Å²) in [5.41, 5.74) is 2.09. The van der Waals surface area contributed by atoms with E-state index in [4.69, 9.17) is 4.42 Å². The van der Waals surface area contributed by atoms with Crippen molar-refractivity contribution < 1.29 is 14.0 Å². The molecule has 0 unspecified atom stereocenters. The molecule has 1 fully saturated rings. The first-order valence-corrected chi connectivity index (χ1v) is 11.2.